The van der Waals surface area contributed by atoms with Gasteiger partial charge in [-0.3, -0.25) is 9.59 Å². The fourth-order valence-electron chi connectivity index (χ4n) is 3.05. The minimum atomic E-state index is -3.36. The molecule has 1 aromatic carbocycles. The zero-order valence-electron chi connectivity index (χ0n) is 16.8. The zero-order chi connectivity index (χ0) is 20.6. The van der Waals surface area contributed by atoms with Gasteiger partial charge in [0.05, 0.1) is 5.75 Å². The summed E-state index contributed by atoms with van der Waals surface area (Å²) in [7, 11) is -1.31. The topological polar surface area (TPSA) is 86.8 Å². The molecule has 2 rings (SSSR count). The highest BCUT2D eigenvalue weighted by molar-refractivity contribution is 7.92. The molecule has 7 nitrogen and oxygen atoms in total. The number of carbonyl (C=O) groups is 2. The maximum Gasteiger partial charge on any atom is 0.253 e. The third-order valence-corrected chi connectivity index (χ3v) is 6.50. The second-order valence-corrected chi connectivity index (χ2v) is 9.55. The molecule has 8 heteroatoms. The van der Waals surface area contributed by atoms with Gasteiger partial charge in [0.2, 0.25) is 5.91 Å². The summed E-state index contributed by atoms with van der Waals surface area (Å²) >= 11 is 0. The lowest BCUT2D eigenvalue weighted by Crippen LogP contribution is -2.47. The Bertz CT molecular complexity index is 754. The number of unbranched alkanes of at least 4 members (excludes halogenated alkanes) is 2. The lowest BCUT2D eigenvalue weighted by atomic mass is 10.1. The number of piperazine rings is 1. The van der Waals surface area contributed by atoms with Gasteiger partial charge in [-0.2, -0.15) is 0 Å². The monoisotopic (exact) mass is 409 g/mol. The normalized spacial score (nSPS) is 15.4. The van der Waals surface area contributed by atoms with E-state index < -0.39 is 21.5 Å². The highest BCUT2D eigenvalue weighted by Crippen LogP contribution is 2.10. The van der Waals surface area contributed by atoms with Crippen molar-refractivity contribution in [3.05, 3.63) is 35.4 Å². The Kier molecular flexibility index (Phi) is 8.44. The zero-order valence-corrected chi connectivity index (χ0v) is 17.6. The van der Waals surface area contributed by atoms with E-state index in [1.165, 1.54) is 0 Å². The molecular formula is C20H31N3O4S. The van der Waals surface area contributed by atoms with Crippen molar-refractivity contribution in [2.45, 2.75) is 32.7 Å². The molecule has 2 amide bonds. The van der Waals surface area contributed by atoms with Crippen molar-refractivity contribution in [3.8, 4) is 0 Å². The van der Waals surface area contributed by atoms with Crippen LogP contribution in [0.1, 0.15) is 42.1 Å². The maximum absolute atomic E-state index is 12.5. The number of hydrogen-bond donors (Lipinski definition) is 1. The van der Waals surface area contributed by atoms with E-state index in [1.54, 1.807) is 24.3 Å². The Morgan fingerprint density at radius 2 is 1.68 bits per heavy atom. The van der Waals surface area contributed by atoms with E-state index in [0.717, 1.165) is 44.6 Å². The lowest BCUT2D eigenvalue weighted by Gasteiger charge is -2.32. The van der Waals surface area contributed by atoms with Crippen LogP contribution in [-0.2, 0) is 21.2 Å². The van der Waals surface area contributed by atoms with Gasteiger partial charge in [-0.25, -0.2) is 8.42 Å². The van der Waals surface area contributed by atoms with Crippen LogP contribution in [0, 0.1) is 0 Å². The molecule has 1 aliphatic heterocycles. The van der Waals surface area contributed by atoms with E-state index in [4.69, 9.17) is 0 Å². The van der Waals surface area contributed by atoms with Crippen molar-refractivity contribution in [2.75, 3.05) is 44.7 Å². The molecule has 156 valence electrons. The van der Waals surface area contributed by atoms with Crippen LogP contribution < -0.4 is 5.32 Å². The van der Waals surface area contributed by atoms with Gasteiger partial charge in [0.25, 0.3) is 5.91 Å². The predicted octanol–water partition coefficient (Wildman–Crippen LogP) is 1.30. The van der Waals surface area contributed by atoms with Crippen LogP contribution in [0.15, 0.2) is 24.3 Å². The van der Waals surface area contributed by atoms with Crippen LogP contribution in [0.3, 0.4) is 0 Å². The van der Waals surface area contributed by atoms with Gasteiger partial charge in [-0.1, -0.05) is 31.9 Å². The van der Waals surface area contributed by atoms with Crippen molar-refractivity contribution in [1.29, 1.82) is 0 Å². The number of benzene rings is 1. The number of sulfone groups is 1. The van der Waals surface area contributed by atoms with E-state index in [9.17, 15) is 18.0 Å². The van der Waals surface area contributed by atoms with Crippen LogP contribution in [0.4, 0.5) is 0 Å². The summed E-state index contributed by atoms with van der Waals surface area (Å²) in [5.41, 5.74) is 1.45. The Hall–Kier alpha value is -1.93. The number of hydrogen-bond acceptors (Lipinski definition) is 5. The third kappa shape index (κ3) is 7.24. The summed E-state index contributed by atoms with van der Waals surface area (Å²) in [6.07, 6.45) is 2.38. The summed E-state index contributed by atoms with van der Waals surface area (Å²) in [5, 5.41) is 2.64. The molecule has 0 atom stereocenters. The molecule has 1 N–H and O–H groups in total. The van der Waals surface area contributed by atoms with Crippen molar-refractivity contribution in [1.82, 2.24) is 15.1 Å². The van der Waals surface area contributed by atoms with Gasteiger partial charge in [-0.15, -0.1) is 0 Å². The van der Waals surface area contributed by atoms with E-state index in [1.807, 2.05) is 18.9 Å². The van der Waals surface area contributed by atoms with E-state index >= 15 is 0 Å². The van der Waals surface area contributed by atoms with Gasteiger partial charge in [0.15, 0.2) is 9.84 Å². The number of carbonyl (C=O) groups excluding carboxylic acids is 2. The number of nitrogens with one attached hydrogen (secondary N) is 1. The molecule has 1 saturated heterocycles. The molecule has 1 aliphatic rings. The average Bonchev–Trinajstić information content (AvgIpc) is 2.66. The second kappa shape index (κ2) is 10.6. The van der Waals surface area contributed by atoms with Crippen LogP contribution in [0.25, 0.3) is 0 Å². The summed E-state index contributed by atoms with van der Waals surface area (Å²) in [6.45, 7) is 5.43. The molecule has 1 aromatic rings. The molecule has 1 fully saturated rings. The highest BCUT2D eigenvalue weighted by atomic mass is 32.2. The van der Waals surface area contributed by atoms with Gasteiger partial charge >= 0.3 is 0 Å². The lowest BCUT2D eigenvalue weighted by molar-refractivity contribution is -0.118. The van der Waals surface area contributed by atoms with Crippen LogP contribution >= 0.6 is 0 Å². The van der Waals surface area contributed by atoms with Gasteiger partial charge < -0.3 is 15.1 Å². The molecule has 28 heavy (non-hydrogen) atoms. The molecule has 0 radical (unpaired) electrons. The molecule has 0 spiro atoms. The second-order valence-electron chi connectivity index (χ2n) is 7.37. The van der Waals surface area contributed by atoms with E-state index in [2.05, 4.69) is 10.2 Å². The standard InChI is InChI=1S/C20H31N3O4S/c1-3-4-5-14-28(26,27)16-19(24)21-15-17-6-8-18(9-7-17)20(25)23-12-10-22(2)11-13-23/h6-9H,3-5,10-16H2,1-2H3,(H,21,24). The SMILES string of the molecule is CCCCCS(=O)(=O)CC(=O)NCc1ccc(C(=O)N2CCN(C)CC2)cc1. The average molecular weight is 410 g/mol. The molecule has 0 unspecified atom stereocenters. The molecule has 0 aliphatic carbocycles. The number of amides is 2. The smallest absolute Gasteiger partial charge is 0.253 e. The van der Waals surface area contributed by atoms with Crippen molar-refractivity contribution >= 4 is 21.7 Å². The molecule has 0 saturated carbocycles. The summed E-state index contributed by atoms with van der Waals surface area (Å²) in [5.74, 6) is -0.899. The Morgan fingerprint density at radius 3 is 2.29 bits per heavy atom. The summed E-state index contributed by atoms with van der Waals surface area (Å²) in [6, 6.07) is 7.09. The van der Waals surface area contributed by atoms with Gasteiger partial charge in [0, 0.05) is 38.3 Å². The fourth-order valence-corrected chi connectivity index (χ4v) is 4.34. The van der Waals surface area contributed by atoms with Crippen LogP contribution in [0.5, 0.6) is 0 Å². The Morgan fingerprint density at radius 1 is 1.04 bits per heavy atom. The number of likely N-dealkylation sites (N-methyl/N-ethyl adjacent to an activating group) is 1. The van der Waals surface area contributed by atoms with Crippen molar-refractivity contribution < 1.29 is 18.0 Å². The first kappa shape index (κ1) is 22.4. The van der Waals surface area contributed by atoms with Gasteiger partial charge in [0.1, 0.15) is 5.75 Å². The number of rotatable bonds is 9. The molecule has 0 aromatic heterocycles. The largest absolute Gasteiger partial charge is 0.351 e. The first-order chi connectivity index (χ1) is 13.3. The number of nitrogens with zero attached hydrogens (tertiary/aromatic N) is 2. The molecule has 1 heterocycles. The first-order valence-corrected chi connectivity index (χ1v) is 11.7. The highest BCUT2D eigenvalue weighted by Gasteiger charge is 2.20. The Labute approximate surface area is 168 Å². The quantitative estimate of drug-likeness (QED) is 0.621. The van der Waals surface area contributed by atoms with Crippen LogP contribution in [0.2, 0.25) is 0 Å². The minimum Gasteiger partial charge on any atom is -0.351 e. The van der Waals surface area contributed by atoms with Crippen molar-refractivity contribution in [2.24, 2.45) is 0 Å². The molecule has 0 bridgehead atoms. The molecular weight excluding hydrogens is 378 g/mol. The maximum atomic E-state index is 12.5. The van der Waals surface area contributed by atoms with Crippen LogP contribution in [-0.4, -0.2) is 74.8 Å². The first-order valence-electron chi connectivity index (χ1n) is 9.84. The Balaban J connectivity index is 1.80. The minimum absolute atomic E-state index is 0.0156. The predicted molar refractivity (Wildman–Crippen MR) is 110 cm³/mol. The summed E-state index contributed by atoms with van der Waals surface area (Å²) in [4.78, 5) is 28.5. The fraction of sp³-hybridized carbons (Fsp3) is 0.600. The van der Waals surface area contributed by atoms with Gasteiger partial charge in [-0.05, 0) is 31.2 Å². The third-order valence-electron chi connectivity index (χ3n) is 4.89. The van der Waals surface area contributed by atoms with E-state index in [-0.39, 0.29) is 18.2 Å². The van der Waals surface area contributed by atoms with E-state index in [0.29, 0.717) is 12.0 Å². The van der Waals surface area contributed by atoms with Crippen molar-refractivity contribution in [3.63, 3.8) is 0 Å². The summed E-state index contributed by atoms with van der Waals surface area (Å²) < 4.78 is 23.8.